The Morgan fingerprint density at radius 2 is 1.93 bits per heavy atom. The van der Waals surface area contributed by atoms with Crippen molar-refractivity contribution in [3.63, 3.8) is 0 Å². The topological polar surface area (TPSA) is 67.9 Å². The number of carbonyl (C=O) groups excluding carboxylic acids is 2. The van der Waals surface area contributed by atoms with Crippen LogP contribution in [-0.4, -0.2) is 42.6 Å². The van der Waals surface area contributed by atoms with E-state index in [2.05, 4.69) is 10.2 Å². The Hall–Kier alpha value is -1.80. The van der Waals surface area contributed by atoms with Crippen molar-refractivity contribution >= 4 is 52.2 Å². The van der Waals surface area contributed by atoms with Crippen LogP contribution in [0.3, 0.4) is 0 Å². The van der Waals surface area contributed by atoms with E-state index in [-0.39, 0.29) is 24.9 Å². The molecule has 0 aliphatic carbocycles. The van der Waals surface area contributed by atoms with Gasteiger partial charge >= 0.3 is 5.97 Å². The standard InChI is InChI=1S/C21H25ClN2O4S.ClH/c1-5-27-19(25)17-15-10-11-24(4)12-16(15)29-18(17)23-20(26)21(2,3)28-14-8-6-13(22)7-9-14;/h6-9H,5,10-12H2,1-4H3,(H,23,26);1H. The lowest BCUT2D eigenvalue weighted by atomic mass is 10.0. The number of nitrogens with zero attached hydrogens (tertiary/aromatic N) is 1. The highest BCUT2D eigenvalue weighted by Gasteiger charge is 2.34. The summed E-state index contributed by atoms with van der Waals surface area (Å²) in [6.07, 6.45) is 0.747. The van der Waals surface area contributed by atoms with Crippen molar-refractivity contribution in [2.45, 2.75) is 39.3 Å². The maximum atomic E-state index is 13.0. The zero-order valence-electron chi connectivity index (χ0n) is 17.4. The molecule has 0 radical (unpaired) electrons. The van der Waals surface area contributed by atoms with E-state index in [1.807, 2.05) is 7.05 Å². The number of halogens is 2. The number of hydrogen-bond acceptors (Lipinski definition) is 6. The molecule has 6 nitrogen and oxygen atoms in total. The molecule has 0 spiro atoms. The largest absolute Gasteiger partial charge is 0.478 e. The molecule has 0 saturated carbocycles. The molecule has 1 aliphatic heterocycles. The third-order valence-electron chi connectivity index (χ3n) is 4.69. The van der Waals surface area contributed by atoms with E-state index in [0.717, 1.165) is 30.0 Å². The average molecular weight is 473 g/mol. The van der Waals surface area contributed by atoms with E-state index in [1.54, 1.807) is 45.0 Å². The van der Waals surface area contributed by atoms with Gasteiger partial charge in [-0.05, 0) is 64.1 Å². The number of likely N-dealkylation sites (N-methyl/N-ethyl adjacent to an activating group) is 1. The zero-order valence-corrected chi connectivity index (χ0v) is 19.8. The first-order chi connectivity index (χ1) is 13.7. The number of fused-ring (bicyclic) bond motifs is 1. The Labute approximate surface area is 191 Å². The minimum atomic E-state index is -1.15. The van der Waals surface area contributed by atoms with E-state index in [4.69, 9.17) is 21.1 Å². The van der Waals surface area contributed by atoms with Gasteiger partial charge in [-0.15, -0.1) is 23.7 Å². The van der Waals surface area contributed by atoms with Crippen LogP contribution in [0.2, 0.25) is 5.02 Å². The number of rotatable bonds is 6. The van der Waals surface area contributed by atoms with Crippen LogP contribution in [0.15, 0.2) is 24.3 Å². The lowest BCUT2D eigenvalue weighted by molar-refractivity contribution is -0.128. The highest BCUT2D eigenvalue weighted by molar-refractivity contribution is 7.17. The normalized spacial score (nSPS) is 13.8. The summed E-state index contributed by atoms with van der Waals surface area (Å²) in [5, 5.41) is 4.01. The fourth-order valence-corrected chi connectivity index (χ4v) is 4.57. The molecule has 2 heterocycles. The van der Waals surface area contributed by atoms with Crippen LogP contribution < -0.4 is 10.1 Å². The van der Waals surface area contributed by atoms with Gasteiger partial charge in [0.2, 0.25) is 0 Å². The number of ether oxygens (including phenoxy) is 2. The molecular formula is C21H26Cl2N2O4S. The molecule has 1 amide bonds. The Bertz CT molecular complexity index is 912. The van der Waals surface area contributed by atoms with Crippen molar-refractivity contribution in [1.82, 2.24) is 4.90 Å². The summed E-state index contributed by atoms with van der Waals surface area (Å²) in [7, 11) is 2.04. The summed E-state index contributed by atoms with van der Waals surface area (Å²) < 4.78 is 11.1. The summed E-state index contributed by atoms with van der Waals surface area (Å²) in [6.45, 7) is 7.01. The lowest BCUT2D eigenvalue weighted by Gasteiger charge is -2.25. The van der Waals surface area contributed by atoms with Crippen LogP contribution in [0.4, 0.5) is 5.00 Å². The smallest absolute Gasteiger partial charge is 0.341 e. The number of hydrogen-bond donors (Lipinski definition) is 1. The minimum Gasteiger partial charge on any atom is -0.478 e. The van der Waals surface area contributed by atoms with Gasteiger partial charge in [-0.2, -0.15) is 0 Å². The predicted molar refractivity (Wildman–Crippen MR) is 122 cm³/mol. The molecule has 164 valence electrons. The first kappa shape index (κ1) is 24.5. The Morgan fingerprint density at radius 3 is 2.57 bits per heavy atom. The Morgan fingerprint density at radius 1 is 1.27 bits per heavy atom. The third-order valence-corrected chi connectivity index (χ3v) is 6.07. The second-order valence-corrected chi connectivity index (χ2v) is 8.98. The molecule has 1 aromatic heterocycles. The van der Waals surface area contributed by atoms with Gasteiger partial charge in [-0.25, -0.2) is 4.79 Å². The van der Waals surface area contributed by atoms with Crippen LogP contribution in [0.5, 0.6) is 5.75 Å². The molecule has 9 heteroatoms. The first-order valence-electron chi connectivity index (χ1n) is 9.47. The maximum absolute atomic E-state index is 13.0. The summed E-state index contributed by atoms with van der Waals surface area (Å²) in [4.78, 5) is 28.9. The third kappa shape index (κ3) is 5.46. The number of amides is 1. The van der Waals surface area contributed by atoms with Gasteiger partial charge in [0, 0.05) is 23.0 Å². The molecule has 0 unspecified atom stereocenters. The van der Waals surface area contributed by atoms with Crippen molar-refractivity contribution in [2.75, 3.05) is 25.5 Å². The minimum absolute atomic E-state index is 0. The van der Waals surface area contributed by atoms with Crippen LogP contribution in [-0.2, 0) is 22.5 Å². The van der Waals surface area contributed by atoms with Gasteiger partial charge in [0.05, 0.1) is 12.2 Å². The summed E-state index contributed by atoms with van der Waals surface area (Å²) in [5.74, 6) is -0.210. The summed E-state index contributed by atoms with van der Waals surface area (Å²) in [5.41, 5.74) is 0.287. The second-order valence-electron chi connectivity index (χ2n) is 7.44. The van der Waals surface area contributed by atoms with Crippen molar-refractivity contribution in [3.8, 4) is 5.75 Å². The Kier molecular flexibility index (Phi) is 8.16. The fourth-order valence-electron chi connectivity index (χ4n) is 3.14. The number of anilines is 1. The maximum Gasteiger partial charge on any atom is 0.341 e. The number of esters is 1. The number of thiophene rings is 1. The van der Waals surface area contributed by atoms with Crippen molar-refractivity contribution in [3.05, 3.63) is 45.3 Å². The van der Waals surface area contributed by atoms with E-state index >= 15 is 0 Å². The predicted octanol–water partition coefficient (Wildman–Crippen LogP) is 4.78. The summed E-state index contributed by atoms with van der Waals surface area (Å²) >= 11 is 7.33. The van der Waals surface area contributed by atoms with Crippen molar-refractivity contribution < 1.29 is 19.1 Å². The first-order valence-corrected chi connectivity index (χ1v) is 10.7. The van der Waals surface area contributed by atoms with Gasteiger partial charge in [-0.3, -0.25) is 4.79 Å². The second kappa shape index (κ2) is 10.0. The molecule has 2 aromatic rings. The zero-order chi connectivity index (χ0) is 21.2. The highest BCUT2D eigenvalue weighted by atomic mass is 35.5. The number of carbonyl (C=O) groups is 2. The summed E-state index contributed by atoms with van der Waals surface area (Å²) in [6, 6.07) is 6.82. The molecule has 0 fully saturated rings. The molecule has 1 N–H and O–H groups in total. The fraction of sp³-hybridized carbons (Fsp3) is 0.429. The van der Waals surface area contributed by atoms with Crippen LogP contribution in [0.25, 0.3) is 0 Å². The molecular weight excluding hydrogens is 447 g/mol. The molecule has 0 atom stereocenters. The molecule has 30 heavy (non-hydrogen) atoms. The van der Waals surface area contributed by atoms with E-state index in [9.17, 15) is 9.59 Å². The van der Waals surface area contributed by atoms with Gasteiger partial charge < -0.3 is 19.7 Å². The molecule has 1 aliphatic rings. The molecule has 3 rings (SSSR count). The molecule has 1 aromatic carbocycles. The van der Waals surface area contributed by atoms with Gasteiger partial charge in [0.15, 0.2) is 5.60 Å². The SMILES string of the molecule is CCOC(=O)c1c(NC(=O)C(C)(C)Oc2ccc(Cl)cc2)sc2c1CCN(C)C2.Cl. The number of nitrogens with one attached hydrogen (secondary N) is 1. The lowest BCUT2D eigenvalue weighted by Crippen LogP contribution is -2.42. The van der Waals surface area contributed by atoms with Crippen LogP contribution in [0.1, 0.15) is 41.6 Å². The quantitative estimate of drug-likeness (QED) is 0.612. The van der Waals surface area contributed by atoms with Crippen LogP contribution in [0, 0.1) is 0 Å². The molecule has 0 saturated heterocycles. The Balaban J connectivity index is 0.00000320. The average Bonchev–Trinajstić information content (AvgIpc) is 3.00. The van der Waals surface area contributed by atoms with Crippen LogP contribution >= 0.6 is 35.3 Å². The van der Waals surface area contributed by atoms with Gasteiger partial charge in [-0.1, -0.05) is 11.6 Å². The number of benzene rings is 1. The van der Waals surface area contributed by atoms with Crippen molar-refractivity contribution in [2.24, 2.45) is 0 Å². The highest BCUT2D eigenvalue weighted by Crippen LogP contribution is 2.38. The van der Waals surface area contributed by atoms with E-state index in [1.165, 1.54) is 11.3 Å². The monoisotopic (exact) mass is 472 g/mol. The van der Waals surface area contributed by atoms with E-state index in [0.29, 0.717) is 21.3 Å². The van der Waals surface area contributed by atoms with Gasteiger partial charge in [0.25, 0.3) is 5.91 Å². The van der Waals surface area contributed by atoms with Crippen molar-refractivity contribution in [1.29, 1.82) is 0 Å². The molecule has 0 bridgehead atoms. The van der Waals surface area contributed by atoms with Gasteiger partial charge in [0.1, 0.15) is 10.8 Å². The van der Waals surface area contributed by atoms with E-state index < -0.39 is 11.6 Å².